The highest BCUT2D eigenvalue weighted by Gasteiger charge is 2.33. The Balaban J connectivity index is 1.59. The molecule has 6 nitrogen and oxygen atoms in total. The van der Waals surface area contributed by atoms with E-state index in [2.05, 4.69) is 10.3 Å². The fourth-order valence-electron chi connectivity index (χ4n) is 3.34. The van der Waals surface area contributed by atoms with Gasteiger partial charge in [0.15, 0.2) is 0 Å². The van der Waals surface area contributed by atoms with Gasteiger partial charge in [-0.25, -0.2) is 9.78 Å². The molecule has 0 aromatic carbocycles. The molecule has 0 saturated carbocycles. The van der Waals surface area contributed by atoms with Gasteiger partial charge in [-0.3, -0.25) is 4.79 Å². The number of rotatable bonds is 5. The van der Waals surface area contributed by atoms with Gasteiger partial charge in [-0.2, -0.15) is 13.2 Å². The third-order valence-electron chi connectivity index (χ3n) is 4.94. The minimum Gasteiger partial charge on any atom is -0.462 e. The fraction of sp³-hybridized carbons (Fsp3) is 0.450. The lowest BCUT2D eigenvalue weighted by Gasteiger charge is -2.32. The van der Waals surface area contributed by atoms with Crippen molar-refractivity contribution in [2.45, 2.75) is 32.9 Å². The van der Waals surface area contributed by atoms with E-state index in [0.29, 0.717) is 35.8 Å². The summed E-state index contributed by atoms with van der Waals surface area (Å²) in [5, 5.41) is 3.35. The van der Waals surface area contributed by atoms with Crippen molar-refractivity contribution in [3.8, 4) is 0 Å². The van der Waals surface area contributed by atoms with Crippen LogP contribution in [0.2, 0.25) is 5.02 Å². The second kappa shape index (κ2) is 9.44. The second-order valence-electron chi connectivity index (χ2n) is 7.12. The summed E-state index contributed by atoms with van der Waals surface area (Å²) in [5.74, 6) is -0.568. The summed E-state index contributed by atoms with van der Waals surface area (Å²) in [4.78, 5) is 30.7. The molecule has 1 aliphatic heterocycles. The quantitative estimate of drug-likeness (QED) is 0.605. The number of halogens is 4. The van der Waals surface area contributed by atoms with Crippen molar-refractivity contribution >= 4 is 45.6 Å². The Morgan fingerprint density at radius 1 is 1.32 bits per heavy atom. The molecule has 1 saturated heterocycles. The number of hydrogen-bond donors (Lipinski definition) is 1. The number of thiophene rings is 1. The average molecular weight is 476 g/mol. The lowest BCUT2D eigenvalue weighted by molar-refractivity contribution is -0.137. The average Bonchev–Trinajstić information content (AvgIpc) is 3.07. The first-order chi connectivity index (χ1) is 14.6. The summed E-state index contributed by atoms with van der Waals surface area (Å²) in [6, 6.07) is 2.60. The third kappa shape index (κ3) is 5.48. The normalized spacial score (nSPS) is 15.1. The molecule has 0 atom stereocenters. The Bertz CT molecular complexity index is 972. The molecule has 1 amide bonds. The second-order valence-corrected chi connectivity index (χ2v) is 8.58. The first-order valence-corrected chi connectivity index (χ1v) is 10.9. The van der Waals surface area contributed by atoms with E-state index in [-0.39, 0.29) is 29.3 Å². The summed E-state index contributed by atoms with van der Waals surface area (Å²) in [6.45, 7) is 4.65. The van der Waals surface area contributed by atoms with Gasteiger partial charge in [-0.05, 0) is 44.4 Å². The largest absolute Gasteiger partial charge is 0.462 e. The summed E-state index contributed by atoms with van der Waals surface area (Å²) in [5.41, 5.74) is -0.166. The minimum absolute atomic E-state index is 0.0710. The Hall–Kier alpha value is -2.33. The Morgan fingerprint density at radius 2 is 2.00 bits per heavy atom. The van der Waals surface area contributed by atoms with Crippen LogP contribution in [0.25, 0.3) is 0 Å². The molecule has 0 aliphatic carbocycles. The molecule has 2 aromatic rings. The van der Waals surface area contributed by atoms with Crippen molar-refractivity contribution in [2.75, 3.05) is 29.9 Å². The van der Waals surface area contributed by atoms with Gasteiger partial charge in [0.2, 0.25) is 5.91 Å². The minimum atomic E-state index is -4.51. The van der Waals surface area contributed by atoms with E-state index in [0.717, 1.165) is 17.8 Å². The predicted molar refractivity (Wildman–Crippen MR) is 113 cm³/mol. The van der Waals surface area contributed by atoms with E-state index in [1.807, 2.05) is 0 Å². The number of pyridine rings is 1. The molecule has 1 N–H and O–H groups in total. The summed E-state index contributed by atoms with van der Waals surface area (Å²) in [7, 11) is 0. The number of anilines is 2. The zero-order chi connectivity index (χ0) is 22.8. The van der Waals surface area contributed by atoms with Crippen LogP contribution in [0.1, 0.15) is 40.6 Å². The van der Waals surface area contributed by atoms with Crippen LogP contribution >= 0.6 is 22.9 Å². The van der Waals surface area contributed by atoms with Crippen molar-refractivity contribution in [1.29, 1.82) is 0 Å². The van der Waals surface area contributed by atoms with E-state index in [9.17, 15) is 22.8 Å². The van der Waals surface area contributed by atoms with Gasteiger partial charge >= 0.3 is 12.1 Å². The van der Waals surface area contributed by atoms with Crippen LogP contribution in [-0.2, 0) is 15.7 Å². The molecular weight excluding hydrogens is 455 g/mol. The van der Waals surface area contributed by atoms with Gasteiger partial charge in [0.05, 0.1) is 22.2 Å². The van der Waals surface area contributed by atoms with Gasteiger partial charge in [-0.1, -0.05) is 11.6 Å². The van der Waals surface area contributed by atoms with Crippen LogP contribution in [0, 0.1) is 12.8 Å². The number of piperidine rings is 1. The molecule has 0 spiro atoms. The van der Waals surface area contributed by atoms with Gasteiger partial charge in [-0.15, -0.1) is 11.3 Å². The molecular formula is C20H21ClF3N3O3S. The van der Waals surface area contributed by atoms with Crippen LogP contribution in [-0.4, -0.2) is 36.6 Å². The zero-order valence-corrected chi connectivity index (χ0v) is 18.5. The number of nitrogens with zero attached hydrogens (tertiary/aromatic N) is 2. The number of ether oxygens (including phenoxy) is 1. The van der Waals surface area contributed by atoms with Crippen molar-refractivity contribution in [2.24, 2.45) is 5.92 Å². The van der Waals surface area contributed by atoms with Crippen molar-refractivity contribution in [1.82, 2.24) is 4.98 Å². The van der Waals surface area contributed by atoms with E-state index in [4.69, 9.17) is 16.3 Å². The van der Waals surface area contributed by atoms with E-state index < -0.39 is 17.7 Å². The molecule has 1 fully saturated rings. The maximum absolute atomic E-state index is 12.8. The van der Waals surface area contributed by atoms with Crippen molar-refractivity contribution in [3.05, 3.63) is 39.4 Å². The van der Waals surface area contributed by atoms with E-state index in [1.165, 1.54) is 11.3 Å². The molecule has 0 unspecified atom stereocenters. The molecule has 11 heteroatoms. The van der Waals surface area contributed by atoms with Crippen molar-refractivity contribution in [3.63, 3.8) is 0 Å². The number of aryl methyl sites for hydroxylation is 1. The summed E-state index contributed by atoms with van der Waals surface area (Å²) < 4.78 is 43.4. The van der Waals surface area contributed by atoms with Gasteiger partial charge in [0.1, 0.15) is 10.7 Å². The standard InChI is InChI=1S/C20H21ClF3N3O3S/c1-3-30-19(29)16-11(2)8-15(31-16)26-18(28)12-4-6-27(7-5-12)17-14(21)9-13(10-25-17)20(22,23)24/h8-10,12H,3-7H2,1-2H3,(H,26,28). The maximum atomic E-state index is 12.8. The number of hydrogen-bond acceptors (Lipinski definition) is 6. The van der Waals surface area contributed by atoms with Gasteiger partial charge in [0.25, 0.3) is 0 Å². The molecule has 0 radical (unpaired) electrons. The lowest BCUT2D eigenvalue weighted by atomic mass is 9.96. The smallest absolute Gasteiger partial charge is 0.417 e. The summed E-state index contributed by atoms with van der Waals surface area (Å²) >= 11 is 7.19. The molecule has 0 bridgehead atoms. The summed E-state index contributed by atoms with van der Waals surface area (Å²) in [6.07, 6.45) is -2.74. The predicted octanol–water partition coefficient (Wildman–Crippen LogP) is 5.16. The number of carbonyl (C=O) groups is 2. The van der Waals surface area contributed by atoms with Gasteiger partial charge < -0.3 is 15.0 Å². The topological polar surface area (TPSA) is 71.5 Å². The van der Waals surface area contributed by atoms with Crippen molar-refractivity contribution < 1.29 is 27.5 Å². The van der Waals surface area contributed by atoms with E-state index in [1.54, 1.807) is 24.8 Å². The van der Waals surface area contributed by atoms with E-state index >= 15 is 0 Å². The number of alkyl halides is 3. The number of esters is 1. The Morgan fingerprint density at radius 3 is 2.58 bits per heavy atom. The monoisotopic (exact) mass is 475 g/mol. The molecule has 1 aliphatic rings. The molecule has 31 heavy (non-hydrogen) atoms. The van der Waals surface area contributed by atoms with Crippen LogP contribution in [0.4, 0.5) is 24.0 Å². The lowest BCUT2D eigenvalue weighted by Crippen LogP contribution is -2.38. The number of nitrogens with one attached hydrogen (secondary N) is 1. The molecule has 168 valence electrons. The number of amides is 1. The molecule has 3 heterocycles. The third-order valence-corrected chi connectivity index (χ3v) is 6.35. The maximum Gasteiger partial charge on any atom is 0.417 e. The highest BCUT2D eigenvalue weighted by molar-refractivity contribution is 7.18. The SMILES string of the molecule is CCOC(=O)c1sc(NC(=O)C2CCN(c3ncc(C(F)(F)F)cc3Cl)CC2)cc1C. The number of aromatic nitrogens is 1. The zero-order valence-electron chi connectivity index (χ0n) is 16.9. The molecule has 3 rings (SSSR count). The first-order valence-electron chi connectivity index (χ1n) is 9.66. The van der Waals surface area contributed by atoms with Crippen LogP contribution in [0.15, 0.2) is 18.3 Å². The van der Waals surface area contributed by atoms with Crippen LogP contribution in [0.5, 0.6) is 0 Å². The van der Waals surface area contributed by atoms with Crippen LogP contribution in [0.3, 0.4) is 0 Å². The highest BCUT2D eigenvalue weighted by atomic mass is 35.5. The Kier molecular flexibility index (Phi) is 7.10. The number of carbonyl (C=O) groups excluding carboxylic acids is 2. The Labute approximate surface area is 186 Å². The first kappa shape index (κ1) is 23.3. The highest BCUT2D eigenvalue weighted by Crippen LogP contribution is 2.35. The van der Waals surface area contributed by atoms with Crippen LogP contribution < -0.4 is 10.2 Å². The fourth-order valence-corrected chi connectivity index (χ4v) is 4.59. The van der Waals surface area contributed by atoms with Gasteiger partial charge in [0, 0.05) is 25.2 Å². The molecule has 2 aromatic heterocycles.